The van der Waals surface area contributed by atoms with E-state index in [0.717, 1.165) is 12.8 Å². The molecule has 22 heavy (non-hydrogen) atoms. The minimum absolute atomic E-state index is 0.0921. The Hall–Kier alpha value is -1.24. The van der Waals surface area contributed by atoms with Gasteiger partial charge in [-0.3, -0.25) is 0 Å². The molecule has 0 aliphatic heterocycles. The summed E-state index contributed by atoms with van der Waals surface area (Å²) in [6.07, 6.45) is 2.53. The molecule has 0 unspecified atom stereocenters. The Kier molecular flexibility index (Phi) is 4.34. The second-order valence-electron chi connectivity index (χ2n) is 5.59. The van der Waals surface area contributed by atoms with E-state index in [9.17, 15) is 12.8 Å². The number of benzene rings is 1. The molecule has 6 heteroatoms. The molecule has 0 radical (unpaired) electrons. The van der Waals surface area contributed by atoms with Crippen LogP contribution in [-0.2, 0) is 16.4 Å². The third kappa shape index (κ3) is 3.24. The summed E-state index contributed by atoms with van der Waals surface area (Å²) in [5.74, 6) is -0.409. The normalized spacial score (nSPS) is 15.4. The molecule has 1 saturated carbocycles. The molecule has 1 fully saturated rings. The van der Waals surface area contributed by atoms with E-state index in [1.54, 1.807) is 22.6 Å². The molecule has 0 saturated heterocycles. The van der Waals surface area contributed by atoms with Crippen molar-refractivity contribution in [3.63, 3.8) is 0 Å². The summed E-state index contributed by atoms with van der Waals surface area (Å²) in [5.41, 5.74) is 0.460. The molecule has 3 nitrogen and oxygen atoms in total. The van der Waals surface area contributed by atoms with Crippen LogP contribution in [-0.4, -0.2) is 25.3 Å². The van der Waals surface area contributed by atoms with Crippen LogP contribution in [0.5, 0.6) is 0 Å². The lowest BCUT2D eigenvalue weighted by Gasteiger charge is -2.22. The summed E-state index contributed by atoms with van der Waals surface area (Å²) in [4.78, 5) is 1.39. The Balaban J connectivity index is 1.86. The van der Waals surface area contributed by atoms with Crippen molar-refractivity contribution in [3.05, 3.63) is 52.0 Å². The van der Waals surface area contributed by atoms with E-state index >= 15 is 0 Å². The fourth-order valence-corrected chi connectivity index (χ4v) is 5.16. The molecule has 0 bridgehead atoms. The Bertz CT molecular complexity index is 752. The molecule has 2 aromatic rings. The smallest absolute Gasteiger partial charge is 0.207 e. The van der Waals surface area contributed by atoms with Crippen LogP contribution in [0.4, 0.5) is 4.39 Å². The largest absolute Gasteiger partial charge is 0.243 e. The monoisotopic (exact) mass is 339 g/mol. The van der Waals surface area contributed by atoms with Gasteiger partial charge < -0.3 is 0 Å². The summed E-state index contributed by atoms with van der Waals surface area (Å²) >= 11 is 1.64. The van der Waals surface area contributed by atoms with Crippen molar-refractivity contribution in [1.29, 1.82) is 0 Å². The zero-order valence-corrected chi connectivity index (χ0v) is 14.0. The number of halogens is 1. The average Bonchev–Trinajstić information content (AvgIpc) is 3.13. The van der Waals surface area contributed by atoms with E-state index < -0.39 is 15.8 Å². The SMILES string of the molecule is Cc1cc(F)ccc1S(=O)(=O)N(CCc1cccs1)C1CC1. The summed E-state index contributed by atoms with van der Waals surface area (Å²) in [6.45, 7) is 2.12. The lowest BCUT2D eigenvalue weighted by Crippen LogP contribution is -2.35. The Morgan fingerprint density at radius 1 is 1.32 bits per heavy atom. The first-order valence-corrected chi connectivity index (χ1v) is 9.61. The van der Waals surface area contributed by atoms with Crippen LogP contribution >= 0.6 is 11.3 Å². The Morgan fingerprint density at radius 3 is 2.68 bits per heavy atom. The second-order valence-corrected chi connectivity index (χ2v) is 8.48. The van der Waals surface area contributed by atoms with Crippen molar-refractivity contribution in [2.45, 2.75) is 37.1 Å². The molecule has 118 valence electrons. The van der Waals surface area contributed by atoms with Gasteiger partial charge in [0.2, 0.25) is 10.0 Å². The first-order chi connectivity index (χ1) is 10.5. The maximum atomic E-state index is 13.2. The van der Waals surface area contributed by atoms with Crippen LogP contribution in [0.25, 0.3) is 0 Å². The molecule has 1 aromatic carbocycles. The van der Waals surface area contributed by atoms with Crippen molar-refractivity contribution in [3.8, 4) is 0 Å². The van der Waals surface area contributed by atoms with Crippen LogP contribution in [0.1, 0.15) is 23.3 Å². The molecule has 3 rings (SSSR count). The summed E-state index contributed by atoms with van der Waals surface area (Å²) < 4.78 is 40.6. The van der Waals surface area contributed by atoms with E-state index in [1.165, 1.54) is 23.1 Å². The molecule has 0 amide bonds. The van der Waals surface area contributed by atoms with Gasteiger partial charge in [-0.05, 0) is 61.4 Å². The molecule has 0 N–H and O–H groups in total. The third-order valence-electron chi connectivity index (χ3n) is 3.84. The lowest BCUT2D eigenvalue weighted by atomic mass is 10.2. The van der Waals surface area contributed by atoms with Gasteiger partial charge in [-0.2, -0.15) is 4.31 Å². The minimum atomic E-state index is -3.57. The second kappa shape index (κ2) is 6.10. The van der Waals surface area contributed by atoms with Gasteiger partial charge in [-0.15, -0.1) is 11.3 Å². The highest BCUT2D eigenvalue weighted by Crippen LogP contribution is 2.33. The zero-order valence-electron chi connectivity index (χ0n) is 12.3. The van der Waals surface area contributed by atoms with Crippen molar-refractivity contribution in [1.82, 2.24) is 4.31 Å². The number of aryl methyl sites for hydroxylation is 1. The van der Waals surface area contributed by atoms with Gasteiger partial charge in [0.1, 0.15) is 5.82 Å². The molecule has 1 aliphatic carbocycles. The van der Waals surface area contributed by atoms with Crippen LogP contribution in [0.15, 0.2) is 40.6 Å². The Labute approximate surface area is 134 Å². The topological polar surface area (TPSA) is 37.4 Å². The summed E-state index contributed by atoms with van der Waals surface area (Å²) in [7, 11) is -3.57. The van der Waals surface area contributed by atoms with Gasteiger partial charge in [0, 0.05) is 17.5 Å². The quantitative estimate of drug-likeness (QED) is 0.806. The standard InChI is InChI=1S/C16H18FNO2S2/c1-12-11-13(17)4-7-16(12)22(19,20)18(14-5-6-14)9-8-15-3-2-10-21-15/h2-4,7,10-11,14H,5-6,8-9H2,1H3. The molecule has 1 aliphatic rings. The number of sulfonamides is 1. The predicted octanol–water partition coefficient (Wildman–Crippen LogP) is 3.59. The van der Waals surface area contributed by atoms with E-state index in [-0.39, 0.29) is 10.9 Å². The van der Waals surface area contributed by atoms with E-state index in [2.05, 4.69) is 0 Å². The number of thiophene rings is 1. The van der Waals surface area contributed by atoms with Gasteiger partial charge in [0.05, 0.1) is 4.90 Å². The fourth-order valence-electron chi connectivity index (χ4n) is 2.57. The molecular formula is C16H18FNO2S2. The Morgan fingerprint density at radius 2 is 2.09 bits per heavy atom. The molecule has 0 atom stereocenters. The lowest BCUT2D eigenvalue weighted by molar-refractivity contribution is 0.407. The summed E-state index contributed by atoms with van der Waals surface area (Å²) in [5, 5.41) is 2.00. The van der Waals surface area contributed by atoms with Gasteiger partial charge >= 0.3 is 0 Å². The van der Waals surface area contributed by atoms with Gasteiger partial charge in [0.25, 0.3) is 0 Å². The van der Waals surface area contributed by atoms with Gasteiger partial charge in [-0.1, -0.05) is 6.07 Å². The van der Waals surface area contributed by atoms with Gasteiger partial charge in [0.15, 0.2) is 0 Å². The summed E-state index contributed by atoms with van der Waals surface area (Å²) in [6, 6.07) is 7.95. The van der Waals surface area contributed by atoms with Crippen molar-refractivity contribution in [2.75, 3.05) is 6.54 Å². The van der Waals surface area contributed by atoms with Crippen LogP contribution in [0, 0.1) is 12.7 Å². The number of hydrogen-bond acceptors (Lipinski definition) is 3. The van der Waals surface area contributed by atoms with Gasteiger partial charge in [-0.25, -0.2) is 12.8 Å². The predicted molar refractivity (Wildman–Crippen MR) is 86.1 cm³/mol. The maximum Gasteiger partial charge on any atom is 0.243 e. The number of hydrogen-bond donors (Lipinski definition) is 0. The number of rotatable bonds is 6. The highest BCUT2D eigenvalue weighted by Gasteiger charge is 2.38. The van der Waals surface area contributed by atoms with Crippen LogP contribution < -0.4 is 0 Å². The number of nitrogens with zero attached hydrogens (tertiary/aromatic N) is 1. The fraction of sp³-hybridized carbons (Fsp3) is 0.375. The first-order valence-electron chi connectivity index (χ1n) is 7.29. The molecular weight excluding hydrogens is 321 g/mol. The zero-order chi connectivity index (χ0) is 15.7. The molecule has 1 heterocycles. The van der Waals surface area contributed by atoms with Crippen molar-refractivity contribution >= 4 is 21.4 Å². The third-order valence-corrected chi connectivity index (χ3v) is 6.88. The van der Waals surface area contributed by atoms with Crippen LogP contribution in [0.3, 0.4) is 0 Å². The molecule has 1 aromatic heterocycles. The minimum Gasteiger partial charge on any atom is -0.207 e. The van der Waals surface area contributed by atoms with E-state index in [0.29, 0.717) is 18.5 Å². The highest BCUT2D eigenvalue weighted by atomic mass is 32.2. The average molecular weight is 339 g/mol. The molecule has 0 spiro atoms. The highest BCUT2D eigenvalue weighted by molar-refractivity contribution is 7.89. The van der Waals surface area contributed by atoms with Crippen molar-refractivity contribution in [2.24, 2.45) is 0 Å². The maximum absolute atomic E-state index is 13.2. The van der Waals surface area contributed by atoms with Crippen molar-refractivity contribution < 1.29 is 12.8 Å². The first kappa shape index (κ1) is 15.6. The van der Waals surface area contributed by atoms with Crippen LogP contribution in [0.2, 0.25) is 0 Å². The van der Waals surface area contributed by atoms with E-state index in [4.69, 9.17) is 0 Å². The van der Waals surface area contributed by atoms with E-state index in [1.807, 2.05) is 17.5 Å².